The van der Waals surface area contributed by atoms with Gasteiger partial charge in [-0.05, 0) is 25.0 Å². The van der Waals surface area contributed by atoms with E-state index in [4.69, 9.17) is 0 Å². The molecule has 0 saturated heterocycles. The van der Waals surface area contributed by atoms with Gasteiger partial charge in [0.2, 0.25) is 5.91 Å². The van der Waals surface area contributed by atoms with Gasteiger partial charge in [0.05, 0.1) is 10.6 Å². The van der Waals surface area contributed by atoms with Crippen molar-refractivity contribution in [1.82, 2.24) is 19.2 Å². The van der Waals surface area contributed by atoms with Gasteiger partial charge in [-0.2, -0.15) is 5.10 Å². The molecule has 27 heavy (non-hydrogen) atoms. The molecule has 1 unspecified atom stereocenters. The highest BCUT2D eigenvalue weighted by molar-refractivity contribution is 7.91. The zero-order chi connectivity index (χ0) is 19.6. The van der Waals surface area contributed by atoms with E-state index in [1.54, 1.807) is 41.8 Å². The van der Waals surface area contributed by atoms with E-state index < -0.39 is 9.84 Å². The molecule has 0 aliphatic carbocycles. The van der Waals surface area contributed by atoms with Crippen molar-refractivity contribution >= 4 is 15.7 Å². The van der Waals surface area contributed by atoms with Crippen LogP contribution in [-0.4, -0.2) is 52.4 Å². The van der Waals surface area contributed by atoms with E-state index in [1.807, 2.05) is 0 Å². The molecular formula is C18H24N4O4S. The molecule has 146 valence electrons. The van der Waals surface area contributed by atoms with Crippen molar-refractivity contribution in [3.63, 3.8) is 0 Å². The summed E-state index contributed by atoms with van der Waals surface area (Å²) in [6.45, 7) is 0.507. The van der Waals surface area contributed by atoms with Crippen LogP contribution in [-0.2, 0) is 34.6 Å². The fourth-order valence-corrected chi connectivity index (χ4v) is 4.67. The maximum atomic E-state index is 12.5. The molecule has 0 saturated carbocycles. The molecule has 9 heteroatoms. The third-order valence-electron chi connectivity index (χ3n) is 5.10. The summed E-state index contributed by atoms with van der Waals surface area (Å²) in [6, 6.07) is 8.12. The van der Waals surface area contributed by atoms with Gasteiger partial charge in [-0.1, -0.05) is 18.2 Å². The molecule has 1 aromatic carbocycles. The molecule has 2 aromatic rings. The number of nitrogens with zero attached hydrogens (tertiary/aromatic N) is 4. The van der Waals surface area contributed by atoms with Crippen LogP contribution >= 0.6 is 0 Å². The lowest BCUT2D eigenvalue weighted by Crippen LogP contribution is -2.38. The van der Waals surface area contributed by atoms with E-state index in [1.165, 1.54) is 16.8 Å². The van der Waals surface area contributed by atoms with Crippen molar-refractivity contribution in [2.45, 2.75) is 43.2 Å². The number of rotatable bonds is 5. The van der Waals surface area contributed by atoms with Gasteiger partial charge in [0.15, 0.2) is 9.84 Å². The van der Waals surface area contributed by atoms with E-state index in [0.29, 0.717) is 25.8 Å². The fourth-order valence-electron chi connectivity index (χ4n) is 3.42. The number of benzene rings is 1. The normalized spacial score (nSPS) is 17.2. The Morgan fingerprint density at radius 1 is 1.26 bits per heavy atom. The number of fused-ring (bicyclic) bond motifs is 1. The number of aromatic nitrogens is 3. The predicted octanol–water partition coefficient (Wildman–Crippen LogP) is 0.609. The van der Waals surface area contributed by atoms with E-state index in [-0.39, 0.29) is 34.7 Å². The Labute approximate surface area is 158 Å². The van der Waals surface area contributed by atoms with Gasteiger partial charge in [0.1, 0.15) is 5.82 Å². The average Bonchev–Trinajstić information content (AvgIpc) is 2.83. The average molecular weight is 392 g/mol. The number of hydrogen-bond acceptors (Lipinski definition) is 5. The number of sulfone groups is 1. The molecule has 1 aliphatic heterocycles. The minimum absolute atomic E-state index is 0.0386. The second-order valence-electron chi connectivity index (χ2n) is 6.84. The van der Waals surface area contributed by atoms with Crippen LogP contribution in [0.25, 0.3) is 0 Å². The highest BCUT2D eigenvalue weighted by Gasteiger charge is 2.26. The first kappa shape index (κ1) is 19.3. The van der Waals surface area contributed by atoms with Crippen molar-refractivity contribution in [2.75, 3.05) is 12.8 Å². The van der Waals surface area contributed by atoms with Gasteiger partial charge in [-0.25, -0.2) is 17.9 Å². The molecule has 2 heterocycles. The van der Waals surface area contributed by atoms with Crippen molar-refractivity contribution < 1.29 is 13.2 Å². The Morgan fingerprint density at radius 3 is 2.67 bits per heavy atom. The van der Waals surface area contributed by atoms with Gasteiger partial charge in [0, 0.05) is 39.5 Å². The first-order valence-corrected chi connectivity index (χ1v) is 10.6. The minimum Gasteiger partial charge on any atom is -0.343 e. The number of amides is 1. The van der Waals surface area contributed by atoms with Crippen LogP contribution in [0.5, 0.6) is 0 Å². The molecule has 3 rings (SSSR count). The third kappa shape index (κ3) is 4.13. The molecule has 1 amide bonds. The summed E-state index contributed by atoms with van der Waals surface area (Å²) in [4.78, 5) is 26.4. The molecule has 1 aromatic heterocycles. The van der Waals surface area contributed by atoms with E-state index in [0.717, 1.165) is 5.82 Å². The van der Waals surface area contributed by atoms with Gasteiger partial charge in [-0.15, -0.1) is 0 Å². The third-order valence-corrected chi connectivity index (χ3v) is 6.83. The van der Waals surface area contributed by atoms with Crippen molar-refractivity contribution in [2.24, 2.45) is 7.05 Å². The summed E-state index contributed by atoms with van der Waals surface area (Å²) in [5.74, 6) is 0.319. The van der Waals surface area contributed by atoms with Gasteiger partial charge in [0.25, 0.3) is 0 Å². The van der Waals surface area contributed by atoms with E-state index in [9.17, 15) is 18.0 Å². The smallest absolute Gasteiger partial charge is 0.343 e. The Balaban J connectivity index is 1.60. The lowest BCUT2D eigenvalue weighted by Gasteiger charge is -2.27. The maximum Gasteiger partial charge on any atom is 0.345 e. The van der Waals surface area contributed by atoms with Crippen LogP contribution < -0.4 is 5.69 Å². The van der Waals surface area contributed by atoms with E-state index >= 15 is 0 Å². The Bertz CT molecular complexity index is 979. The number of carbonyl (C=O) groups is 1. The predicted molar refractivity (Wildman–Crippen MR) is 100 cm³/mol. The molecule has 0 fully saturated rings. The number of carbonyl (C=O) groups excluding carboxylic acids is 1. The van der Waals surface area contributed by atoms with Crippen LogP contribution in [0.4, 0.5) is 0 Å². The lowest BCUT2D eigenvalue weighted by molar-refractivity contribution is -0.131. The van der Waals surface area contributed by atoms with Crippen molar-refractivity contribution in [3.05, 3.63) is 46.6 Å². The molecule has 1 atom stereocenters. The lowest BCUT2D eigenvalue weighted by atomic mass is 10.1. The second-order valence-corrected chi connectivity index (χ2v) is 8.95. The highest BCUT2D eigenvalue weighted by Crippen LogP contribution is 2.18. The summed E-state index contributed by atoms with van der Waals surface area (Å²) < 4.78 is 27.7. The molecule has 8 nitrogen and oxygen atoms in total. The number of hydrogen-bond donors (Lipinski definition) is 0. The van der Waals surface area contributed by atoms with Gasteiger partial charge in [-0.3, -0.25) is 9.36 Å². The Kier molecular flexibility index (Phi) is 5.50. The van der Waals surface area contributed by atoms with Crippen LogP contribution in [0, 0.1) is 0 Å². The summed E-state index contributed by atoms with van der Waals surface area (Å²) in [6.07, 6.45) is 1.90. The standard InChI is InChI=1S/C18H24N4O4S/c1-20(14-8-9-16-19-21(2)18(24)22(16)12-10-14)17(23)11-13-27(25,26)15-6-4-3-5-7-15/h3-7,14H,8-13H2,1-2H3. The number of aryl methyl sites for hydroxylation is 2. The zero-order valence-corrected chi connectivity index (χ0v) is 16.4. The summed E-state index contributed by atoms with van der Waals surface area (Å²) >= 11 is 0. The maximum absolute atomic E-state index is 12.5. The topological polar surface area (TPSA) is 94.3 Å². The van der Waals surface area contributed by atoms with Crippen LogP contribution in [0.3, 0.4) is 0 Å². The van der Waals surface area contributed by atoms with E-state index in [2.05, 4.69) is 5.10 Å². The molecule has 0 N–H and O–H groups in total. The largest absolute Gasteiger partial charge is 0.345 e. The zero-order valence-electron chi connectivity index (χ0n) is 15.5. The summed E-state index contributed by atoms with van der Waals surface area (Å²) in [7, 11) is -0.146. The van der Waals surface area contributed by atoms with Crippen molar-refractivity contribution in [1.29, 1.82) is 0 Å². The van der Waals surface area contributed by atoms with Crippen LogP contribution in [0.2, 0.25) is 0 Å². The SMILES string of the molecule is CN(C(=O)CCS(=O)(=O)c1ccccc1)C1CCc2nn(C)c(=O)n2CC1. The molecule has 1 aliphatic rings. The quantitative estimate of drug-likeness (QED) is 0.743. The first-order valence-electron chi connectivity index (χ1n) is 8.96. The van der Waals surface area contributed by atoms with Crippen molar-refractivity contribution in [3.8, 4) is 0 Å². The summed E-state index contributed by atoms with van der Waals surface area (Å²) in [5.41, 5.74) is -0.145. The Hall–Kier alpha value is -2.42. The molecule has 0 radical (unpaired) electrons. The van der Waals surface area contributed by atoms with Gasteiger partial charge < -0.3 is 4.90 Å². The highest BCUT2D eigenvalue weighted by atomic mass is 32.2. The fraction of sp³-hybridized carbons (Fsp3) is 0.500. The molecule has 0 bridgehead atoms. The van der Waals surface area contributed by atoms with Crippen LogP contribution in [0.15, 0.2) is 40.0 Å². The monoisotopic (exact) mass is 392 g/mol. The van der Waals surface area contributed by atoms with Crippen LogP contribution in [0.1, 0.15) is 25.1 Å². The summed E-state index contributed by atoms with van der Waals surface area (Å²) in [5, 5.41) is 4.24. The molecule has 0 spiro atoms. The second kappa shape index (κ2) is 7.67. The molecular weight excluding hydrogens is 368 g/mol. The van der Waals surface area contributed by atoms with Gasteiger partial charge >= 0.3 is 5.69 Å². The minimum atomic E-state index is -3.48. The first-order chi connectivity index (χ1) is 12.8. The Morgan fingerprint density at radius 2 is 1.96 bits per heavy atom.